The lowest BCUT2D eigenvalue weighted by Gasteiger charge is -2.19. The summed E-state index contributed by atoms with van der Waals surface area (Å²) >= 11 is 0. The molecule has 0 radical (unpaired) electrons. The average Bonchev–Trinajstić information content (AvgIpc) is 2.74. The van der Waals surface area contributed by atoms with Crippen molar-refractivity contribution in [1.29, 1.82) is 0 Å². The first-order valence-electron chi connectivity index (χ1n) is 9.78. The van der Waals surface area contributed by atoms with Gasteiger partial charge < -0.3 is 10.1 Å². The van der Waals surface area contributed by atoms with Crippen LogP contribution in [0.5, 0.6) is 5.75 Å². The first kappa shape index (κ1) is 23.4. The molecule has 6 nitrogen and oxygen atoms in total. The fourth-order valence-electron chi connectivity index (χ4n) is 2.68. The van der Waals surface area contributed by atoms with Crippen molar-refractivity contribution in [1.82, 2.24) is 4.31 Å². The van der Waals surface area contributed by atoms with Crippen molar-refractivity contribution in [2.75, 3.05) is 25.0 Å². The lowest BCUT2D eigenvalue weighted by atomic mass is 10.2. The summed E-state index contributed by atoms with van der Waals surface area (Å²) in [5, 5.41) is 2.78. The summed E-state index contributed by atoms with van der Waals surface area (Å²) in [7, 11) is -3.68. The Hall–Kier alpha value is -2.90. The third-order valence-electron chi connectivity index (χ3n) is 4.28. The van der Waals surface area contributed by atoms with Gasteiger partial charge in [-0.2, -0.15) is 4.31 Å². The fraction of sp³-hybridized carbons (Fsp3) is 0.261. The zero-order chi connectivity index (χ0) is 22.0. The van der Waals surface area contributed by atoms with Crippen molar-refractivity contribution in [3.63, 3.8) is 0 Å². The molecule has 2 rings (SSSR count). The Bertz CT molecular complexity index is 959. The molecule has 0 fully saturated rings. The molecule has 0 aromatic heterocycles. The molecule has 0 aliphatic heterocycles. The first-order valence-corrected chi connectivity index (χ1v) is 11.2. The van der Waals surface area contributed by atoms with Gasteiger partial charge in [-0.1, -0.05) is 31.6 Å². The highest BCUT2D eigenvalue weighted by Crippen LogP contribution is 2.20. The van der Waals surface area contributed by atoms with Crippen molar-refractivity contribution < 1.29 is 17.9 Å². The van der Waals surface area contributed by atoms with Gasteiger partial charge in [-0.3, -0.25) is 4.79 Å². The van der Waals surface area contributed by atoms with E-state index in [9.17, 15) is 13.2 Å². The number of carbonyl (C=O) groups excluding carboxylic acids is 1. The molecule has 1 amide bonds. The minimum absolute atomic E-state index is 0.135. The minimum atomic E-state index is -3.68. The van der Waals surface area contributed by atoms with Crippen LogP contribution >= 0.6 is 0 Å². The van der Waals surface area contributed by atoms with Crippen molar-refractivity contribution in [3.8, 4) is 5.75 Å². The van der Waals surface area contributed by atoms with Gasteiger partial charge in [0.15, 0.2) is 0 Å². The van der Waals surface area contributed by atoms with Crippen molar-refractivity contribution in [2.45, 2.75) is 24.7 Å². The van der Waals surface area contributed by atoms with Gasteiger partial charge in [-0.15, -0.1) is 13.2 Å². The molecule has 1 N–H and O–H groups in total. The number of nitrogens with zero attached hydrogens (tertiary/aromatic N) is 1. The van der Waals surface area contributed by atoms with Gasteiger partial charge in [-0.25, -0.2) is 8.42 Å². The number of hydrogen-bond donors (Lipinski definition) is 1. The van der Waals surface area contributed by atoms with E-state index < -0.39 is 10.0 Å². The summed E-state index contributed by atoms with van der Waals surface area (Å²) in [5.74, 6) is 0.341. The zero-order valence-electron chi connectivity index (χ0n) is 17.2. The summed E-state index contributed by atoms with van der Waals surface area (Å²) in [6, 6.07) is 13.0. The normalized spacial score (nSPS) is 11.1. The first-order chi connectivity index (χ1) is 14.4. The Balaban J connectivity index is 2.10. The van der Waals surface area contributed by atoms with E-state index in [4.69, 9.17) is 4.74 Å². The molecule has 0 aliphatic rings. The molecule has 0 unspecified atom stereocenters. The number of sulfonamides is 1. The van der Waals surface area contributed by atoms with Gasteiger partial charge >= 0.3 is 0 Å². The van der Waals surface area contributed by atoms with E-state index in [0.29, 0.717) is 23.6 Å². The van der Waals surface area contributed by atoms with E-state index in [2.05, 4.69) is 25.4 Å². The van der Waals surface area contributed by atoms with Crippen LogP contribution in [0.2, 0.25) is 0 Å². The van der Waals surface area contributed by atoms with E-state index in [1.807, 2.05) is 6.07 Å². The molecule has 0 heterocycles. The van der Waals surface area contributed by atoms with Crippen LogP contribution in [0, 0.1) is 0 Å². The molecule has 30 heavy (non-hydrogen) atoms. The topological polar surface area (TPSA) is 75.7 Å². The van der Waals surface area contributed by atoms with E-state index in [1.54, 1.807) is 30.3 Å². The highest BCUT2D eigenvalue weighted by molar-refractivity contribution is 7.89. The number of unbranched alkanes of at least 4 members (excludes halogenated alkanes) is 1. The molecule has 7 heteroatoms. The van der Waals surface area contributed by atoms with Gasteiger partial charge in [0.05, 0.1) is 11.5 Å². The molecule has 2 aromatic carbocycles. The Morgan fingerprint density at radius 2 is 1.77 bits per heavy atom. The molecule has 0 atom stereocenters. The second-order valence-corrected chi connectivity index (χ2v) is 8.55. The van der Waals surface area contributed by atoms with E-state index >= 15 is 0 Å². The number of hydrogen-bond acceptors (Lipinski definition) is 4. The highest BCUT2D eigenvalue weighted by atomic mass is 32.2. The Morgan fingerprint density at radius 1 is 1.10 bits per heavy atom. The van der Waals surface area contributed by atoms with E-state index in [0.717, 1.165) is 12.8 Å². The van der Waals surface area contributed by atoms with Crippen LogP contribution in [0.25, 0.3) is 0 Å². The summed E-state index contributed by atoms with van der Waals surface area (Å²) < 4.78 is 32.4. The monoisotopic (exact) mass is 428 g/mol. The standard InChI is InChI=1S/C23H28N2O4S/c1-4-7-17-29-21-10-8-9-19(18-21)23(26)24-20-11-13-22(14-12-20)30(27,28)25(15-5-2)16-6-3/h5-6,8-14,18H,2-4,7,15-17H2,1H3,(H,24,26). The number of amides is 1. The van der Waals surface area contributed by atoms with Gasteiger partial charge in [0.1, 0.15) is 5.75 Å². The summed E-state index contributed by atoms with van der Waals surface area (Å²) in [6.45, 7) is 10.2. The average molecular weight is 429 g/mol. The molecule has 2 aromatic rings. The number of rotatable bonds is 12. The van der Waals surface area contributed by atoms with E-state index in [-0.39, 0.29) is 23.9 Å². The largest absolute Gasteiger partial charge is 0.494 e. The predicted molar refractivity (Wildman–Crippen MR) is 120 cm³/mol. The molecule has 0 saturated heterocycles. The number of benzene rings is 2. The number of ether oxygens (including phenoxy) is 1. The van der Waals surface area contributed by atoms with Crippen molar-refractivity contribution >= 4 is 21.6 Å². The molecule has 0 saturated carbocycles. The Kier molecular flexibility index (Phi) is 8.83. The molecular formula is C23H28N2O4S. The Morgan fingerprint density at radius 3 is 2.37 bits per heavy atom. The third-order valence-corrected chi connectivity index (χ3v) is 6.12. The third kappa shape index (κ3) is 6.30. The number of carbonyl (C=O) groups is 1. The van der Waals surface area contributed by atoms with Gasteiger partial charge in [0, 0.05) is 24.3 Å². The maximum Gasteiger partial charge on any atom is 0.255 e. The number of anilines is 1. The van der Waals surface area contributed by atoms with Crippen molar-refractivity contribution in [3.05, 3.63) is 79.4 Å². The summed E-state index contributed by atoms with van der Waals surface area (Å²) in [4.78, 5) is 12.7. The summed E-state index contributed by atoms with van der Waals surface area (Å²) in [6.07, 6.45) is 5.03. The SMILES string of the molecule is C=CCN(CC=C)S(=O)(=O)c1ccc(NC(=O)c2cccc(OCCCC)c2)cc1. The highest BCUT2D eigenvalue weighted by Gasteiger charge is 2.22. The lowest BCUT2D eigenvalue weighted by Crippen LogP contribution is -2.31. The van der Waals surface area contributed by atoms with Crippen LogP contribution in [0.3, 0.4) is 0 Å². The Labute approximate surface area is 178 Å². The maximum absolute atomic E-state index is 12.7. The lowest BCUT2D eigenvalue weighted by molar-refractivity contribution is 0.102. The quantitative estimate of drug-likeness (QED) is 0.399. The van der Waals surface area contributed by atoms with Crippen molar-refractivity contribution in [2.24, 2.45) is 0 Å². The van der Waals surface area contributed by atoms with Crippen LogP contribution in [0.15, 0.2) is 78.7 Å². The fourth-order valence-corrected chi connectivity index (χ4v) is 4.06. The number of nitrogens with one attached hydrogen (secondary N) is 1. The molecule has 160 valence electrons. The second-order valence-electron chi connectivity index (χ2n) is 6.61. The van der Waals surface area contributed by atoms with Crippen LogP contribution < -0.4 is 10.1 Å². The molecule has 0 bridgehead atoms. The van der Waals surface area contributed by atoms with Crippen LogP contribution in [0.4, 0.5) is 5.69 Å². The van der Waals surface area contributed by atoms with Crippen LogP contribution in [0.1, 0.15) is 30.1 Å². The molecule has 0 aliphatic carbocycles. The second kappa shape index (κ2) is 11.3. The maximum atomic E-state index is 12.7. The molecular weight excluding hydrogens is 400 g/mol. The summed E-state index contributed by atoms with van der Waals surface area (Å²) in [5.41, 5.74) is 0.957. The van der Waals surface area contributed by atoms with Gasteiger partial charge in [-0.05, 0) is 48.9 Å². The van der Waals surface area contributed by atoms with Gasteiger partial charge in [0.25, 0.3) is 5.91 Å². The van der Waals surface area contributed by atoms with Crippen LogP contribution in [-0.2, 0) is 10.0 Å². The molecule has 0 spiro atoms. The minimum Gasteiger partial charge on any atom is -0.494 e. The predicted octanol–water partition coefficient (Wildman–Crippen LogP) is 4.48. The zero-order valence-corrected chi connectivity index (χ0v) is 18.0. The van der Waals surface area contributed by atoms with Crippen LogP contribution in [-0.4, -0.2) is 38.3 Å². The van der Waals surface area contributed by atoms with Gasteiger partial charge in [0.2, 0.25) is 10.0 Å². The van der Waals surface area contributed by atoms with E-state index in [1.165, 1.54) is 28.6 Å². The smallest absolute Gasteiger partial charge is 0.255 e.